The molecule has 2 aromatic carbocycles. The molecule has 0 radical (unpaired) electrons. The van der Waals surface area contributed by atoms with Crippen LogP contribution in [0.1, 0.15) is 0 Å². The highest BCUT2D eigenvalue weighted by Crippen LogP contribution is 2.24. The predicted octanol–water partition coefficient (Wildman–Crippen LogP) is 3.08. The number of hydrogen-bond acceptors (Lipinski definition) is 3. The third-order valence-electron chi connectivity index (χ3n) is 2.14. The van der Waals surface area contributed by atoms with E-state index in [-0.39, 0.29) is 0 Å². The lowest BCUT2D eigenvalue weighted by Gasteiger charge is -2.16. The number of carbonyl (C=O) groups excluding carboxylic acids is 1. The molecule has 0 unspecified atom stereocenters. The number of isocyanates is 1. The fourth-order valence-corrected chi connectivity index (χ4v) is 1.44. The van der Waals surface area contributed by atoms with E-state index in [0.717, 1.165) is 11.4 Å². The zero-order chi connectivity index (χ0) is 11.2. The Kier molecular flexibility index (Phi) is 3.12. The number of benzene rings is 2. The maximum absolute atomic E-state index is 10.4. The Morgan fingerprint density at radius 2 is 1.25 bits per heavy atom. The normalized spacial score (nSPS) is 9.25. The summed E-state index contributed by atoms with van der Waals surface area (Å²) in [6.07, 6.45) is 1.57. The summed E-state index contributed by atoms with van der Waals surface area (Å²) in [4.78, 5) is 10.4. The number of rotatable bonds is 3. The summed E-state index contributed by atoms with van der Waals surface area (Å²) >= 11 is 0. The molecule has 0 N–H and O–H groups in total. The van der Waals surface area contributed by atoms with Crippen molar-refractivity contribution in [3.63, 3.8) is 0 Å². The monoisotopic (exact) mass is 210 g/mol. The lowest BCUT2D eigenvalue weighted by molar-refractivity contribution is 0.563. The molecule has 0 saturated carbocycles. The zero-order valence-electron chi connectivity index (χ0n) is 8.58. The van der Waals surface area contributed by atoms with Crippen LogP contribution < -0.4 is 5.01 Å². The van der Waals surface area contributed by atoms with Crippen molar-refractivity contribution < 1.29 is 4.79 Å². The van der Waals surface area contributed by atoms with E-state index in [1.54, 1.807) is 11.1 Å². The fourth-order valence-electron chi connectivity index (χ4n) is 1.44. The Labute approximate surface area is 93.6 Å². The van der Waals surface area contributed by atoms with Gasteiger partial charge in [-0.1, -0.05) is 41.5 Å². The molecule has 0 spiro atoms. The highest BCUT2D eigenvalue weighted by molar-refractivity contribution is 5.63. The summed E-state index contributed by atoms with van der Waals surface area (Å²) in [5, 5.41) is 5.24. The van der Waals surface area contributed by atoms with E-state index in [9.17, 15) is 4.79 Å². The molecule has 16 heavy (non-hydrogen) atoms. The van der Waals surface area contributed by atoms with Gasteiger partial charge in [-0.2, -0.15) is 0 Å². The van der Waals surface area contributed by atoms with E-state index >= 15 is 0 Å². The van der Waals surface area contributed by atoms with Crippen LogP contribution >= 0.6 is 0 Å². The van der Waals surface area contributed by atoms with Gasteiger partial charge in [-0.15, -0.1) is 0 Å². The maximum Gasteiger partial charge on any atom is 0.258 e. The largest absolute Gasteiger partial charge is 0.258 e. The molecular formula is C13H10N2O. The number of hydrazone groups is 1. The van der Waals surface area contributed by atoms with Gasteiger partial charge in [0, 0.05) is 0 Å². The van der Waals surface area contributed by atoms with E-state index < -0.39 is 0 Å². The Hall–Kier alpha value is -2.38. The van der Waals surface area contributed by atoms with Crippen molar-refractivity contribution in [2.24, 2.45) is 5.10 Å². The molecular weight excluding hydrogens is 200 g/mol. The smallest absolute Gasteiger partial charge is 0.223 e. The van der Waals surface area contributed by atoms with Crippen LogP contribution in [0.2, 0.25) is 0 Å². The maximum atomic E-state index is 10.4. The fraction of sp³-hybridized carbons (Fsp3) is 0. The van der Waals surface area contributed by atoms with Gasteiger partial charge in [0.25, 0.3) is 6.08 Å². The van der Waals surface area contributed by atoms with Crippen molar-refractivity contribution in [3.8, 4) is 0 Å². The van der Waals surface area contributed by atoms with Crippen LogP contribution in [0.15, 0.2) is 65.8 Å². The lowest BCUT2D eigenvalue weighted by Crippen LogP contribution is -2.07. The molecule has 0 aromatic heterocycles. The summed E-state index contributed by atoms with van der Waals surface area (Å²) in [5.41, 5.74) is 1.66. The first kappa shape index (κ1) is 10.1. The van der Waals surface area contributed by atoms with Crippen LogP contribution in [0.4, 0.5) is 11.4 Å². The standard InChI is InChI=1S/C13H10N2O/c16-11-14-15(12-7-3-1-4-8-12)13-9-5-2-6-10-13/h1-10H. The van der Waals surface area contributed by atoms with Gasteiger partial charge in [0.15, 0.2) is 0 Å². The lowest BCUT2D eigenvalue weighted by atomic mass is 10.2. The first-order valence-corrected chi connectivity index (χ1v) is 4.90. The summed E-state index contributed by atoms with van der Waals surface area (Å²) in [5.74, 6) is 0. The van der Waals surface area contributed by atoms with Crippen molar-refractivity contribution in [3.05, 3.63) is 60.7 Å². The van der Waals surface area contributed by atoms with Crippen LogP contribution in [0.3, 0.4) is 0 Å². The second-order valence-corrected chi connectivity index (χ2v) is 3.17. The Bertz CT molecular complexity index is 450. The third kappa shape index (κ3) is 2.16. The molecule has 0 aliphatic heterocycles. The minimum atomic E-state index is 0.831. The van der Waals surface area contributed by atoms with E-state index in [1.165, 1.54) is 0 Å². The molecule has 3 nitrogen and oxygen atoms in total. The molecule has 78 valence electrons. The van der Waals surface area contributed by atoms with E-state index in [2.05, 4.69) is 5.10 Å². The number of nitrogens with zero attached hydrogens (tertiary/aromatic N) is 2. The van der Waals surface area contributed by atoms with Gasteiger partial charge >= 0.3 is 0 Å². The van der Waals surface area contributed by atoms with Gasteiger partial charge in [-0.05, 0) is 24.3 Å². The molecule has 0 amide bonds. The summed E-state index contributed by atoms with van der Waals surface area (Å²) in [6, 6.07) is 18.9. The van der Waals surface area contributed by atoms with Crippen LogP contribution in [0, 0.1) is 0 Å². The average Bonchev–Trinajstić information content (AvgIpc) is 2.38. The molecule has 0 aliphatic rings. The molecule has 0 atom stereocenters. The Balaban J connectivity index is 2.43. The van der Waals surface area contributed by atoms with E-state index in [1.807, 2.05) is 60.7 Å². The van der Waals surface area contributed by atoms with Crippen molar-refractivity contribution in [1.29, 1.82) is 0 Å². The van der Waals surface area contributed by atoms with Crippen LogP contribution in [0.25, 0.3) is 0 Å². The first-order valence-electron chi connectivity index (χ1n) is 4.90. The quantitative estimate of drug-likeness (QED) is 0.443. The highest BCUT2D eigenvalue weighted by atomic mass is 16.1. The van der Waals surface area contributed by atoms with Gasteiger partial charge in [-0.25, -0.2) is 9.80 Å². The Morgan fingerprint density at radius 3 is 1.62 bits per heavy atom. The minimum Gasteiger partial charge on any atom is -0.223 e. The summed E-state index contributed by atoms with van der Waals surface area (Å²) in [6.45, 7) is 0. The van der Waals surface area contributed by atoms with Crippen LogP contribution in [-0.4, -0.2) is 6.08 Å². The summed E-state index contributed by atoms with van der Waals surface area (Å²) < 4.78 is 0. The van der Waals surface area contributed by atoms with Gasteiger partial charge in [0.05, 0.1) is 11.4 Å². The Morgan fingerprint density at radius 1 is 0.812 bits per heavy atom. The van der Waals surface area contributed by atoms with Crippen LogP contribution in [-0.2, 0) is 4.79 Å². The predicted molar refractivity (Wildman–Crippen MR) is 63.1 cm³/mol. The average molecular weight is 210 g/mol. The SMILES string of the molecule is O=C=NN(c1ccccc1)c1ccccc1. The second kappa shape index (κ2) is 4.91. The molecule has 0 saturated heterocycles. The zero-order valence-corrected chi connectivity index (χ0v) is 8.58. The van der Waals surface area contributed by atoms with Crippen molar-refractivity contribution in [1.82, 2.24) is 0 Å². The number of hydrogen-bond donors (Lipinski definition) is 0. The molecule has 0 bridgehead atoms. The molecule has 0 heterocycles. The molecule has 0 aliphatic carbocycles. The molecule has 2 rings (SSSR count). The minimum absolute atomic E-state index is 0.831. The van der Waals surface area contributed by atoms with Gasteiger partial charge in [0.1, 0.15) is 0 Å². The third-order valence-corrected chi connectivity index (χ3v) is 2.14. The molecule has 3 heteroatoms. The van der Waals surface area contributed by atoms with Crippen molar-refractivity contribution in [2.75, 3.05) is 5.01 Å². The number of para-hydroxylation sites is 2. The summed E-state index contributed by atoms with van der Waals surface area (Å²) in [7, 11) is 0. The van der Waals surface area contributed by atoms with Crippen molar-refractivity contribution in [2.45, 2.75) is 0 Å². The van der Waals surface area contributed by atoms with Crippen LogP contribution in [0.5, 0.6) is 0 Å². The highest BCUT2D eigenvalue weighted by Gasteiger charge is 2.06. The van der Waals surface area contributed by atoms with Gasteiger partial charge in [0.2, 0.25) is 0 Å². The molecule has 2 aromatic rings. The number of anilines is 2. The second-order valence-electron chi connectivity index (χ2n) is 3.17. The van der Waals surface area contributed by atoms with E-state index in [4.69, 9.17) is 0 Å². The first-order chi connectivity index (χ1) is 7.92. The molecule has 0 fully saturated rings. The van der Waals surface area contributed by atoms with E-state index in [0.29, 0.717) is 0 Å². The van der Waals surface area contributed by atoms with Gasteiger partial charge < -0.3 is 0 Å². The van der Waals surface area contributed by atoms with Gasteiger partial charge in [-0.3, -0.25) is 0 Å². The van der Waals surface area contributed by atoms with Crippen molar-refractivity contribution >= 4 is 17.5 Å². The topological polar surface area (TPSA) is 32.7 Å².